The normalized spacial score (nSPS) is 39.9. The van der Waals surface area contributed by atoms with Crippen molar-refractivity contribution in [2.75, 3.05) is 0 Å². The number of hydrogen-bond donors (Lipinski definition) is 1. The van der Waals surface area contributed by atoms with Crippen LogP contribution in [0.1, 0.15) is 75.8 Å². The van der Waals surface area contributed by atoms with Gasteiger partial charge in [0.25, 0.3) is 0 Å². The fraction of sp³-hybridized carbons (Fsp3) is 0.714. The van der Waals surface area contributed by atoms with Crippen molar-refractivity contribution in [1.29, 1.82) is 0 Å². The highest BCUT2D eigenvalue weighted by Crippen LogP contribution is 2.65. The van der Waals surface area contributed by atoms with Crippen LogP contribution < -0.4 is 0 Å². The molecule has 1 heteroatoms. The highest BCUT2D eigenvalue weighted by molar-refractivity contribution is 5.40. The molecule has 1 nitrogen and oxygen atoms in total. The van der Waals surface area contributed by atoms with E-state index < -0.39 is 0 Å². The molecule has 0 heterocycles. The summed E-state index contributed by atoms with van der Waals surface area (Å²) >= 11 is 0. The molecule has 1 aromatic rings. The fourth-order valence-corrected chi connectivity index (χ4v) is 6.83. The molecule has 0 bridgehead atoms. The molecule has 0 amide bonds. The lowest BCUT2D eigenvalue weighted by Gasteiger charge is -2.52. The summed E-state index contributed by atoms with van der Waals surface area (Å²) in [4.78, 5) is 0. The van der Waals surface area contributed by atoms with Gasteiger partial charge in [0.2, 0.25) is 0 Å². The van der Waals surface area contributed by atoms with Gasteiger partial charge in [-0.15, -0.1) is 0 Å². The van der Waals surface area contributed by atoms with Gasteiger partial charge in [-0.3, -0.25) is 0 Å². The Morgan fingerprint density at radius 1 is 1.14 bits per heavy atom. The molecule has 1 aromatic carbocycles. The predicted octanol–water partition coefficient (Wildman–Crippen LogP) is 5.66. The van der Waals surface area contributed by atoms with Crippen molar-refractivity contribution < 1.29 is 5.11 Å². The van der Waals surface area contributed by atoms with Crippen molar-refractivity contribution in [3.8, 4) is 5.75 Å². The van der Waals surface area contributed by atoms with Gasteiger partial charge in [-0.2, -0.15) is 0 Å². The zero-order chi connectivity index (χ0) is 15.3. The summed E-state index contributed by atoms with van der Waals surface area (Å²) in [5.74, 6) is 4.06. The van der Waals surface area contributed by atoms with Crippen LogP contribution >= 0.6 is 0 Å². The number of rotatable bonds is 2. The Balaban J connectivity index is 1.69. The van der Waals surface area contributed by atoms with Gasteiger partial charge in [0, 0.05) is 0 Å². The Morgan fingerprint density at radius 3 is 2.77 bits per heavy atom. The number of aromatic hydroxyl groups is 1. The number of hydrogen-bond acceptors (Lipinski definition) is 1. The number of aryl methyl sites for hydroxylation is 1. The van der Waals surface area contributed by atoms with E-state index in [1.54, 1.807) is 5.56 Å². The van der Waals surface area contributed by atoms with E-state index in [1.165, 1.54) is 56.9 Å². The number of phenols is 1. The molecular formula is C21H30O. The Morgan fingerprint density at radius 2 is 2.00 bits per heavy atom. The van der Waals surface area contributed by atoms with Crippen LogP contribution in [0, 0.1) is 23.2 Å². The maximum atomic E-state index is 9.78. The largest absolute Gasteiger partial charge is 0.508 e. The van der Waals surface area contributed by atoms with Crippen molar-refractivity contribution in [2.45, 2.75) is 71.1 Å². The minimum absolute atomic E-state index is 0.447. The van der Waals surface area contributed by atoms with Gasteiger partial charge < -0.3 is 5.11 Å². The lowest BCUT2D eigenvalue weighted by Crippen LogP contribution is -2.43. The third kappa shape index (κ3) is 1.90. The topological polar surface area (TPSA) is 20.2 Å². The molecule has 5 unspecified atom stereocenters. The minimum Gasteiger partial charge on any atom is -0.508 e. The number of benzene rings is 1. The molecule has 3 aliphatic rings. The third-order valence-electron chi connectivity index (χ3n) is 7.76. The van der Waals surface area contributed by atoms with Crippen LogP contribution in [0.4, 0.5) is 0 Å². The average molecular weight is 298 g/mol. The molecular weight excluding hydrogens is 268 g/mol. The fourth-order valence-electron chi connectivity index (χ4n) is 6.83. The van der Waals surface area contributed by atoms with Gasteiger partial charge in [0.05, 0.1) is 0 Å². The first-order valence-electron chi connectivity index (χ1n) is 9.51. The van der Waals surface area contributed by atoms with Gasteiger partial charge in [0.15, 0.2) is 0 Å². The third-order valence-corrected chi connectivity index (χ3v) is 7.76. The molecule has 2 fully saturated rings. The summed E-state index contributed by atoms with van der Waals surface area (Å²) in [6, 6.07) is 6.16. The van der Waals surface area contributed by atoms with E-state index in [0.29, 0.717) is 11.2 Å². The van der Waals surface area contributed by atoms with Gasteiger partial charge in [-0.05, 0) is 97.3 Å². The number of fused-ring (bicyclic) bond motifs is 5. The Labute approximate surface area is 135 Å². The molecule has 22 heavy (non-hydrogen) atoms. The smallest absolute Gasteiger partial charge is 0.115 e. The summed E-state index contributed by atoms with van der Waals surface area (Å²) in [6.07, 6.45) is 11.1. The van der Waals surface area contributed by atoms with Crippen LogP contribution in [0.3, 0.4) is 0 Å². The van der Waals surface area contributed by atoms with Crippen LogP contribution in [0.15, 0.2) is 18.2 Å². The molecule has 4 rings (SSSR count). The van der Waals surface area contributed by atoms with Crippen LogP contribution in [0.5, 0.6) is 5.75 Å². The van der Waals surface area contributed by atoms with Gasteiger partial charge in [-0.25, -0.2) is 0 Å². The minimum atomic E-state index is 0.447. The summed E-state index contributed by atoms with van der Waals surface area (Å²) < 4.78 is 0. The first-order chi connectivity index (χ1) is 10.7. The first kappa shape index (κ1) is 14.6. The molecule has 1 N–H and O–H groups in total. The maximum absolute atomic E-state index is 9.78. The van der Waals surface area contributed by atoms with E-state index >= 15 is 0 Å². The van der Waals surface area contributed by atoms with Crippen LogP contribution in [-0.2, 0) is 6.42 Å². The second-order valence-electron chi connectivity index (χ2n) is 8.11. The molecule has 0 saturated heterocycles. The van der Waals surface area contributed by atoms with E-state index in [4.69, 9.17) is 0 Å². The van der Waals surface area contributed by atoms with Gasteiger partial charge in [-0.1, -0.05) is 26.3 Å². The summed E-state index contributed by atoms with van der Waals surface area (Å²) in [5.41, 5.74) is 3.65. The predicted molar refractivity (Wildman–Crippen MR) is 91.1 cm³/mol. The van der Waals surface area contributed by atoms with Crippen molar-refractivity contribution in [2.24, 2.45) is 23.2 Å². The molecule has 120 valence electrons. The van der Waals surface area contributed by atoms with Crippen molar-refractivity contribution in [3.63, 3.8) is 0 Å². The van der Waals surface area contributed by atoms with Crippen LogP contribution in [0.25, 0.3) is 0 Å². The zero-order valence-corrected chi connectivity index (χ0v) is 14.1. The Hall–Kier alpha value is -0.980. The highest BCUT2D eigenvalue weighted by Gasteiger charge is 2.55. The molecule has 3 aliphatic carbocycles. The standard InChI is InChI=1S/C21H30O/c1-3-15-6-10-20-19-8-5-14-13-16(22)7-9-17(14)18(19)11-12-21(15,20)4-2/h7,9,13,15,18-20,22H,3-6,8,10-12H2,1-2H3. The monoisotopic (exact) mass is 298 g/mol. The van der Waals surface area contributed by atoms with Crippen LogP contribution in [0.2, 0.25) is 0 Å². The first-order valence-corrected chi connectivity index (χ1v) is 9.51. The van der Waals surface area contributed by atoms with E-state index in [-0.39, 0.29) is 0 Å². The van der Waals surface area contributed by atoms with E-state index in [2.05, 4.69) is 19.9 Å². The second kappa shape index (κ2) is 5.28. The SMILES string of the molecule is CCC1CCC2C3CCc4cc(O)ccc4C3CCC12CC. The van der Waals surface area contributed by atoms with E-state index in [1.807, 2.05) is 12.1 Å². The van der Waals surface area contributed by atoms with Gasteiger partial charge >= 0.3 is 0 Å². The molecule has 0 spiro atoms. The molecule has 2 saturated carbocycles. The Kier molecular flexibility index (Phi) is 3.51. The highest BCUT2D eigenvalue weighted by atomic mass is 16.3. The summed E-state index contributed by atoms with van der Waals surface area (Å²) in [7, 11) is 0. The zero-order valence-electron chi connectivity index (χ0n) is 14.1. The number of phenolic OH excluding ortho intramolecular Hbond substituents is 1. The molecule has 5 atom stereocenters. The molecule has 0 radical (unpaired) electrons. The Bertz CT molecular complexity index is 563. The van der Waals surface area contributed by atoms with Gasteiger partial charge in [0.1, 0.15) is 5.75 Å². The lowest BCUT2D eigenvalue weighted by molar-refractivity contribution is 0.00742. The van der Waals surface area contributed by atoms with Crippen LogP contribution in [-0.4, -0.2) is 5.11 Å². The van der Waals surface area contributed by atoms with Crippen molar-refractivity contribution in [1.82, 2.24) is 0 Å². The molecule has 0 aliphatic heterocycles. The second-order valence-corrected chi connectivity index (χ2v) is 8.11. The van der Waals surface area contributed by atoms with E-state index in [9.17, 15) is 5.11 Å². The average Bonchev–Trinajstić information content (AvgIpc) is 2.93. The lowest BCUT2D eigenvalue weighted by atomic mass is 9.52. The summed E-state index contributed by atoms with van der Waals surface area (Å²) in [6.45, 7) is 4.87. The van der Waals surface area contributed by atoms with Crippen molar-refractivity contribution >= 4 is 0 Å². The quantitative estimate of drug-likeness (QED) is 0.746. The van der Waals surface area contributed by atoms with Crippen molar-refractivity contribution in [3.05, 3.63) is 29.3 Å². The molecule has 0 aromatic heterocycles. The summed E-state index contributed by atoms with van der Waals surface area (Å²) in [5, 5.41) is 9.78. The maximum Gasteiger partial charge on any atom is 0.115 e. The van der Waals surface area contributed by atoms with E-state index in [0.717, 1.165) is 23.7 Å².